The van der Waals surface area contributed by atoms with Crippen molar-refractivity contribution >= 4 is 45.0 Å². The Balaban J connectivity index is 1.62. The van der Waals surface area contributed by atoms with Crippen LogP contribution in [0.1, 0.15) is 12.5 Å². The first-order chi connectivity index (χ1) is 16.3. The molecule has 1 heterocycles. The van der Waals surface area contributed by atoms with Crippen LogP contribution in [0.4, 0.5) is 11.4 Å². The van der Waals surface area contributed by atoms with Crippen molar-refractivity contribution in [3.05, 3.63) is 92.9 Å². The molecular formula is C24H20BrN5O3S. The van der Waals surface area contributed by atoms with Crippen molar-refractivity contribution in [3.8, 4) is 17.1 Å². The van der Waals surface area contributed by atoms with E-state index in [2.05, 4.69) is 31.4 Å². The van der Waals surface area contributed by atoms with E-state index >= 15 is 0 Å². The fraction of sp³-hybridized carbons (Fsp3) is 0.125. The normalized spacial score (nSPS) is 11.7. The van der Waals surface area contributed by atoms with Gasteiger partial charge < -0.3 is 5.32 Å². The van der Waals surface area contributed by atoms with Gasteiger partial charge in [-0.15, -0.1) is 10.2 Å². The van der Waals surface area contributed by atoms with E-state index in [1.54, 1.807) is 19.9 Å². The summed E-state index contributed by atoms with van der Waals surface area (Å²) in [6.07, 6.45) is 0. The van der Waals surface area contributed by atoms with Gasteiger partial charge in [0.15, 0.2) is 11.0 Å². The zero-order chi connectivity index (χ0) is 24.2. The van der Waals surface area contributed by atoms with Gasteiger partial charge in [-0.05, 0) is 43.7 Å². The van der Waals surface area contributed by atoms with Gasteiger partial charge in [0, 0.05) is 27.9 Å². The van der Waals surface area contributed by atoms with Crippen molar-refractivity contribution in [2.75, 3.05) is 5.32 Å². The van der Waals surface area contributed by atoms with Crippen LogP contribution in [-0.2, 0) is 4.79 Å². The Kier molecular flexibility index (Phi) is 7.09. The third-order valence-electron chi connectivity index (χ3n) is 5.09. The number of nitrogens with one attached hydrogen (secondary N) is 1. The number of amides is 1. The Labute approximate surface area is 208 Å². The number of para-hydroxylation sites is 1. The third-order valence-corrected chi connectivity index (χ3v) is 6.66. The summed E-state index contributed by atoms with van der Waals surface area (Å²) in [7, 11) is 0. The van der Waals surface area contributed by atoms with Crippen LogP contribution >= 0.6 is 27.7 Å². The van der Waals surface area contributed by atoms with E-state index in [0.29, 0.717) is 16.7 Å². The molecule has 0 saturated heterocycles. The number of anilines is 1. The van der Waals surface area contributed by atoms with Gasteiger partial charge in [-0.1, -0.05) is 64.1 Å². The number of nitro benzene ring substituents is 1. The largest absolute Gasteiger partial charge is 0.325 e. The minimum Gasteiger partial charge on any atom is -0.325 e. The van der Waals surface area contributed by atoms with Gasteiger partial charge >= 0.3 is 0 Å². The Hall–Kier alpha value is -3.50. The maximum atomic E-state index is 12.9. The van der Waals surface area contributed by atoms with Crippen LogP contribution in [0, 0.1) is 17.0 Å². The molecule has 0 spiro atoms. The molecule has 0 bridgehead atoms. The summed E-state index contributed by atoms with van der Waals surface area (Å²) in [6, 6.07) is 21.8. The molecule has 34 heavy (non-hydrogen) atoms. The Morgan fingerprint density at radius 2 is 1.79 bits per heavy atom. The molecule has 1 amide bonds. The van der Waals surface area contributed by atoms with E-state index in [1.165, 1.54) is 23.9 Å². The number of nitrogens with zero attached hydrogens (tertiary/aromatic N) is 4. The number of hydrogen-bond acceptors (Lipinski definition) is 6. The first-order valence-corrected chi connectivity index (χ1v) is 12.0. The lowest BCUT2D eigenvalue weighted by atomic mass is 10.2. The molecule has 8 nitrogen and oxygen atoms in total. The molecule has 0 aliphatic carbocycles. The minimum atomic E-state index is -0.539. The van der Waals surface area contributed by atoms with Crippen LogP contribution in [0.15, 0.2) is 82.4 Å². The van der Waals surface area contributed by atoms with Gasteiger partial charge in [-0.2, -0.15) is 0 Å². The van der Waals surface area contributed by atoms with Gasteiger partial charge in [0.25, 0.3) is 5.69 Å². The van der Waals surface area contributed by atoms with Gasteiger partial charge in [0.1, 0.15) is 0 Å². The van der Waals surface area contributed by atoms with Gasteiger partial charge in [-0.3, -0.25) is 19.5 Å². The highest BCUT2D eigenvalue weighted by Crippen LogP contribution is 2.31. The number of aromatic nitrogens is 3. The molecule has 4 aromatic rings. The number of halogens is 1. The quantitative estimate of drug-likeness (QED) is 0.175. The topological polar surface area (TPSA) is 103 Å². The zero-order valence-corrected chi connectivity index (χ0v) is 20.7. The van der Waals surface area contributed by atoms with Gasteiger partial charge in [0.05, 0.1) is 15.9 Å². The maximum absolute atomic E-state index is 12.9. The number of aryl methyl sites for hydroxylation is 1. The molecule has 0 aliphatic rings. The van der Waals surface area contributed by atoms with Crippen LogP contribution in [-0.4, -0.2) is 30.8 Å². The third kappa shape index (κ3) is 5.18. The second kappa shape index (κ2) is 10.2. The van der Waals surface area contributed by atoms with Crippen LogP contribution in [0.3, 0.4) is 0 Å². The Morgan fingerprint density at radius 1 is 1.09 bits per heavy atom. The summed E-state index contributed by atoms with van der Waals surface area (Å²) >= 11 is 4.71. The number of carbonyl (C=O) groups is 1. The highest BCUT2D eigenvalue weighted by molar-refractivity contribution is 9.10. The molecule has 0 fully saturated rings. The van der Waals surface area contributed by atoms with Crippen LogP contribution in [0.5, 0.6) is 0 Å². The molecule has 0 radical (unpaired) electrons. The summed E-state index contributed by atoms with van der Waals surface area (Å²) in [6.45, 7) is 3.55. The maximum Gasteiger partial charge on any atom is 0.271 e. The molecule has 0 unspecified atom stereocenters. The molecule has 1 aromatic heterocycles. The van der Waals surface area contributed by atoms with Crippen molar-refractivity contribution in [1.29, 1.82) is 0 Å². The molecule has 10 heteroatoms. The van der Waals surface area contributed by atoms with Gasteiger partial charge in [0.2, 0.25) is 5.91 Å². The molecular weight excluding hydrogens is 518 g/mol. The highest BCUT2D eigenvalue weighted by atomic mass is 79.9. The molecule has 172 valence electrons. The predicted molar refractivity (Wildman–Crippen MR) is 136 cm³/mol. The number of rotatable bonds is 7. The number of nitro groups is 1. The van der Waals surface area contributed by atoms with Crippen molar-refractivity contribution < 1.29 is 9.72 Å². The molecule has 0 saturated carbocycles. The van der Waals surface area contributed by atoms with E-state index in [-0.39, 0.29) is 11.6 Å². The number of non-ortho nitro benzene ring substituents is 1. The minimum absolute atomic E-state index is 0.0795. The van der Waals surface area contributed by atoms with E-state index in [9.17, 15) is 14.9 Å². The van der Waals surface area contributed by atoms with Crippen LogP contribution in [0.25, 0.3) is 17.1 Å². The number of hydrogen-bond donors (Lipinski definition) is 1. The van der Waals surface area contributed by atoms with Crippen molar-refractivity contribution in [2.45, 2.75) is 24.3 Å². The number of thioether (sulfide) groups is 1. The van der Waals surface area contributed by atoms with Crippen molar-refractivity contribution in [2.24, 2.45) is 0 Å². The second-order valence-corrected chi connectivity index (χ2v) is 9.71. The average molecular weight is 538 g/mol. The fourth-order valence-electron chi connectivity index (χ4n) is 3.25. The predicted octanol–water partition coefficient (Wildman–Crippen LogP) is 6.03. The molecule has 1 N–H and O–H groups in total. The van der Waals surface area contributed by atoms with Gasteiger partial charge in [-0.25, -0.2) is 0 Å². The first-order valence-electron chi connectivity index (χ1n) is 10.3. The van der Waals surface area contributed by atoms with Crippen molar-refractivity contribution in [1.82, 2.24) is 14.8 Å². The van der Waals surface area contributed by atoms with Crippen LogP contribution in [0.2, 0.25) is 0 Å². The summed E-state index contributed by atoms with van der Waals surface area (Å²) in [5.74, 6) is 0.365. The zero-order valence-electron chi connectivity index (χ0n) is 18.3. The Morgan fingerprint density at radius 3 is 2.47 bits per heavy atom. The lowest BCUT2D eigenvalue weighted by molar-refractivity contribution is -0.384. The lowest BCUT2D eigenvalue weighted by Crippen LogP contribution is -2.23. The standard InChI is InChI=1S/C24H20BrN5O3S/c1-15-8-13-20(30(32)33)14-21(15)26-23(31)16(2)34-24-28-27-22(17-9-11-18(25)12-10-17)29(24)19-6-4-3-5-7-19/h3-14,16H,1-2H3,(H,26,31)/t16-/m0/s1. The molecule has 3 aromatic carbocycles. The summed E-state index contributed by atoms with van der Waals surface area (Å²) in [4.78, 5) is 23.6. The number of benzene rings is 3. The summed E-state index contributed by atoms with van der Waals surface area (Å²) in [5.41, 5.74) is 2.82. The highest BCUT2D eigenvalue weighted by Gasteiger charge is 2.23. The SMILES string of the molecule is Cc1ccc([N+](=O)[O-])cc1NC(=O)[C@H](C)Sc1nnc(-c2ccc(Br)cc2)n1-c1ccccc1. The Bertz CT molecular complexity index is 1340. The molecule has 0 aliphatic heterocycles. The fourth-order valence-corrected chi connectivity index (χ4v) is 4.38. The summed E-state index contributed by atoms with van der Waals surface area (Å²) in [5, 5.41) is 22.7. The second-order valence-electron chi connectivity index (χ2n) is 7.49. The average Bonchev–Trinajstić information content (AvgIpc) is 3.24. The molecule has 4 rings (SSSR count). The van der Waals surface area contributed by atoms with E-state index in [4.69, 9.17) is 0 Å². The number of carbonyl (C=O) groups excluding carboxylic acids is 1. The van der Waals surface area contributed by atoms with E-state index in [0.717, 1.165) is 21.3 Å². The monoisotopic (exact) mass is 537 g/mol. The first kappa shape index (κ1) is 23.7. The molecule has 1 atom stereocenters. The lowest BCUT2D eigenvalue weighted by Gasteiger charge is -2.15. The summed E-state index contributed by atoms with van der Waals surface area (Å²) < 4.78 is 2.87. The smallest absolute Gasteiger partial charge is 0.271 e. The van der Waals surface area contributed by atoms with Crippen LogP contribution < -0.4 is 5.32 Å². The van der Waals surface area contributed by atoms with Crippen molar-refractivity contribution in [3.63, 3.8) is 0 Å². The van der Waals surface area contributed by atoms with E-state index in [1.807, 2.05) is 59.2 Å². The van der Waals surface area contributed by atoms with E-state index < -0.39 is 10.2 Å².